The Labute approximate surface area is 128 Å². The van der Waals surface area contributed by atoms with Crippen LogP contribution in [-0.2, 0) is 0 Å². The number of hydrogen-bond acceptors (Lipinski definition) is 3. The molecule has 0 aromatic heterocycles. The number of anilines is 1. The minimum absolute atomic E-state index is 0.0168. The van der Waals surface area contributed by atoms with Crippen LogP contribution >= 0.6 is 0 Å². The maximum absolute atomic E-state index is 12.2. The molecule has 0 bridgehead atoms. The van der Waals surface area contributed by atoms with Crippen molar-refractivity contribution >= 4 is 11.6 Å². The molecule has 0 unspecified atom stereocenters. The highest BCUT2D eigenvalue weighted by Gasteiger charge is 2.09. The molecular formula is C17H29N3O. The molecule has 0 aliphatic rings. The minimum Gasteiger partial charge on any atom is -0.385 e. The molecule has 118 valence electrons. The van der Waals surface area contributed by atoms with E-state index < -0.39 is 0 Å². The summed E-state index contributed by atoms with van der Waals surface area (Å²) in [5, 5.41) is 6.27. The lowest BCUT2D eigenvalue weighted by Crippen LogP contribution is -2.35. The average molecular weight is 291 g/mol. The molecule has 1 aromatic rings. The van der Waals surface area contributed by atoms with Gasteiger partial charge in [-0.3, -0.25) is 4.79 Å². The Bertz CT molecular complexity index is 446. The van der Waals surface area contributed by atoms with Crippen LogP contribution in [0.15, 0.2) is 18.2 Å². The van der Waals surface area contributed by atoms with Crippen LogP contribution < -0.4 is 10.6 Å². The van der Waals surface area contributed by atoms with Crippen LogP contribution in [0.1, 0.15) is 43.1 Å². The maximum Gasteiger partial charge on any atom is 0.251 e. The van der Waals surface area contributed by atoms with Gasteiger partial charge in [0.25, 0.3) is 5.91 Å². The van der Waals surface area contributed by atoms with Gasteiger partial charge < -0.3 is 15.5 Å². The molecule has 21 heavy (non-hydrogen) atoms. The normalized spacial score (nSPS) is 10.7. The van der Waals surface area contributed by atoms with Crippen LogP contribution in [0, 0.1) is 6.92 Å². The average Bonchev–Trinajstić information content (AvgIpc) is 2.46. The molecule has 1 aromatic carbocycles. The van der Waals surface area contributed by atoms with Crippen molar-refractivity contribution in [1.82, 2.24) is 10.2 Å². The topological polar surface area (TPSA) is 44.4 Å². The maximum atomic E-state index is 12.2. The lowest BCUT2D eigenvalue weighted by molar-refractivity contribution is 0.0948. The van der Waals surface area contributed by atoms with Crippen molar-refractivity contribution in [3.63, 3.8) is 0 Å². The largest absolute Gasteiger partial charge is 0.385 e. The SMILES string of the molecule is CCCN(CC)CCNC(=O)c1ccc(NCC)cc1C. The molecule has 0 atom stereocenters. The van der Waals surface area contributed by atoms with Crippen molar-refractivity contribution in [2.45, 2.75) is 34.1 Å². The summed E-state index contributed by atoms with van der Waals surface area (Å²) in [7, 11) is 0. The van der Waals surface area contributed by atoms with Crippen LogP contribution in [0.2, 0.25) is 0 Å². The summed E-state index contributed by atoms with van der Waals surface area (Å²) in [4.78, 5) is 14.6. The van der Waals surface area contributed by atoms with Gasteiger partial charge in [-0.15, -0.1) is 0 Å². The first kappa shape index (κ1) is 17.5. The Hall–Kier alpha value is -1.55. The second kappa shape index (κ2) is 9.40. The Kier molecular flexibility index (Phi) is 7.83. The van der Waals surface area contributed by atoms with E-state index in [0.717, 1.165) is 49.4 Å². The molecule has 0 aliphatic carbocycles. The Morgan fingerprint density at radius 1 is 1.19 bits per heavy atom. The molecule has 0 saturated carbocycles. The van der Waals surface area contributed by atoms with E-state index >= 15 is 0 Å². The van der Waals surface area contributed by atoms with Gasteiger partial charge >= 0.3 is 0 Å². The van der Waals surface area contributed by atoms with Crippen LogP contribution in [0.4, 0.5) is 5.69 Å². The first-order valence-corrected chi connectivity index (χ1v) is 7.97. The fraction of sp³-hybridized carbons (Fsp3) is 0.588. The first-order valence-electron chi connectivity index (χ1n) is 7.97. The number of benzene rings is 1. The van der Waals surface area contributed by atoms with Gasteiger partial charge in [0.1, 0.15) is 0 Å². The van der Waals surface area contributed by atoms with Crippen LogP contribution in [0.3, 0.4) is 0 Å². The molecular weight excluding hydrogens is 262 g/mol. The van der Waals surface area contributed by atoms with Gasteiger partial charge in [-0.2, -0.15) is 0 Å². The first-order chi connectivity index (χ1) is 10.1. The summed E-state index contributed by atoms with van der Waals surface area (Å²) in [6, 6.07) is 5.88. The standard InChI is InChI=1S/C17H29N3O/c1-5-11-20(7-3)12-10-19-17(21)16-9-8-15(18-6-2)13-14(16)4/h8-9,13,18H,5-7,10-12H2,1-4H3,(H,19,21). The summed E-state index contributed by atoms with van der Waals surface area (Å²) in [6.45, 7) is 13.0. The lowest BCUT2D eigenvalue weighted by atomic mass is 10.1. The molecule has 0 aliphatic heterocycles. The summed E-state index contributed by atoms with van der Waals surface area (Å²) in [6.07, 6.45) is 1.15. The molecule has 1 rings (SSSR count). The number of likely N-dealkylation sites (N-methyl/N-ethyl adjacent to an activating group) is 1. The van der Waals surface area contributed by atoms with Gasteiger partial charge in [0.2, 0.25) is 0 Å². The van der Waals surface area contributed by atoms with Crippen molar-refractivity contribution in [3.8, 4) is 0 Å². The van der Waals surface area contributed by atoms with E-state index in [1.807, 2.05) is 25.1 Å². The molecule has 4 heteroatoms. The highest BCUT2D eigenvalue weighted by Crippen LogP contribution is 2.14. The zero-order chi connectivity index (χ0) is 15.7. The number of rotatable bonds is 9. The van der Waals surface area contributed by atoms with Crippen molar-refractivity contribution < 1.29 is 4.79 Å². The smallest absolute Gasteiger partial charge is 0.251 e. The molecule has 2 N–H and O–H groups in total. The number of nitrogens with zero attached hydrogens (tertiary/aromatic N) is 1. The lowest BCUT2D eigenvalue weighted by Gasteiger charge is -2.19. The number of hydrogen-bond donors (Lipinski definition) is 2. The summed E-state index contributed by atoms with van der Waals surface area (Å²) < 4.78 is 0. The number of aryl methyl sites for hydroxylation is 1. The predicted molar refractivity (Wildman–Crippen MR) is 90.1 cm³/mol. The van der Waals surface area contributed by atoms with Gasteiger partial charge in [0.15, 0.2) is 0 Å². The third-order valence-electron chi connectivity index (χ3n) is 3.55. The van der Waals surface area contributed by atoms with Gasteiger partial charge in [-0.05, 0) is 57.1 Å². The van der Waals surface area contributed by atoms with Crippen LogP contribution in [0.5, 0.6) is 0 Å². The molecule has 0 radical (unpaired) electrons. The van der Waals surface area contributed by atoms with E-state index in [4.69, 9.17) is 0 Å². The zero-order valence-electron chi connectivity index (χ0n) is 13.8. The summed E-state index contributed by atoms with van der Waals surface area (Å²) in [5.74, 6) is 0.0168. The Balaban J connectivity index is 2.52. The van der Waals surface area contributed by atoms with Gasteiger partial charge in [0, 0.05) is 30.9 Å². The fourth-order valence-corrected chi connectivity index (χ4v) is 2.40. The van der Waals surface area contributed by atoms with Crippen molar-refractivity contribution in [2.24, 2.45) is 0 Å². The predicted octanol–water partition coefficient (Wildman–Crippen LogP) is 2.89. The second-order valence-electron chi connectivity index (χ2n) is 5.25. The van der Waals surface area contributed by atoms with Crippen molar-refractivity contribution in [2.75, 3.05) is 38.0 Å². The highest BCUT2D eigenvalue weighted by atomic mass is 16.1. The van der Waals surface area contributed by atoms with Gasteiger partial charge in [-0.25, -0.2) is 0 Å². The van der Waals surface area contributed by atoms with E-state index in [1.54, 1.807) is 0 Å². The van der Waals surface area contributed by atoms with E-state index in [1.165, 1.54) is 0 Å². The van der Waals surface area contributed by atoms with Crippen molar-refractivity contribution in [3.05, 3.63) is 29.3 Å². The quantitative estimate of drug-likeness (QED) is 0.735. The third-order valence-corrected chi connectivity index (χ3v) is 3.55. The highest BCUT2D eigenvalue weighted by molar-refractivity contribution is 5.96. The molecule has 4 nitrogen and oxygen atoms in total. The third kappa shape index (κ3) is 5.76. The van der Waals surface area contributed by atoms with E-state index in [2.05, 4.69) is 36.3 Å². The number of carbonyl (C=O) groups is 1. The Morgan fingerprint density at radius 2 is 1.95 bits per heavy atom. The number of amides is 1. The molecule has 0 saturated heterocycles. The van der Waals surface area contributed by atoms with E-state index in [9.17, 15) is 4.79 Å². The Morgan fingerprint density at radius 3 is 2.52 bits per heavy atom. The summed E-state index contributed by atoms with van der Waals surface area (Å²) in [5.41, 5.74) is 2.83. The second-order valence-corrected chi connectivity index (χ2v) is 5.25. The van der Waals surface area contributed by atoms with E-state index in [-0.39, 0.29) is 5.91 Å². The zero-order valence-corrected chi connectivity index (χ0v) is 13.8. The fourth-order valence-electron chi connectivity index (χ4n) is 2.40. The molecule has 0 fully saturated rings. The van der Waals surface area contributed by atoms with Gasteiger partial charge in [-0.1, -0.05) is 13.8 Å². The van der Waals surface area contributed by atoms with Crippen LogP contribution in [-0.4, -0.2) is 43.5 Å². The summed E-state index contributed by atoms with van der Waals surface area (Å²) >= 11 is 0. The number of carbonyl (C=O) groups excluding carboxylic acids is 1. The molecule has 1 amide bonds. The van der Waals surface area contributed by atoms with Crippen molar-refractivity contribution in [1.29, 1.82) is 0 Å². The van der Waals surface area contributed by atoms with Gasteiger partial charge in [0.05, 0.1) is 0 Å². The number of nitrogens with one attached hydrogen (secondary N) is 2. The monoisotopic (exact) mass is 291 g/mol. The minimum atomic E-state index is 0.0168. The molecule has 0 heterocycles. The van der Waals surface area contributed by atoms with E-state index in [0.29, 0.717) is 6.54 Å². The molecule has 0 spiro atoms. The van der Waals surface area contributed by atoms with Crippen LogP contribution in [0.25, 0.3) is 0 Å².